The van der Waals surface area contributed by atoms with Gasteiger partial charge in [0.05, 0.1) is 0 Å². The molecular weight excluding hydrogens is 367 g/mol. The number of rotatable bonds is 6. The van der Waals surface area contributed by atoms with E-state index in [0.29, 0.717) is 29.2 Å². The highest BCUT2D eigenvalue weighted by Gasteiger charge is 2.48. The predicted octanol–water partition coefficient (Wildman–Crippen LogP) is 3.85. The Bertz CT molecular complexity index is 664. The summed E-state index contributed by atoms with van der Waals surface area (Å²) in [6.45, 7) is 0.00939. The molecule has 27 heavy (non-hydrogen) atoms. The maximum absolute atomic E-state index is 13.3. The standard InChI is InChI=1S/C21H27FN2O2.ClH/c22-18(5-6-23)12-26-19-3-1-15(2-4-19)21(25)24-20-16-8-13-7-14(10-16)11-17(20)9-13;/h1-5,13-14,16-17,20H,6-12,23H2,(H,24,25);1H. The van der Waals surface area contributed by atoms with Gasteiger partial charge in [0.25, 0.3) is 5.91 Å². The molecule has 5 rings (SSSR count). The molecule has 148 valence electrons. The smallest absolute Gasteiger partial charge is 0.251 e. The van der Waals surface area contributed by atoms with Crippen LogP contribution >= 0.6 is 12.4 Å². The van der Waals surface area contributed by atoms with Crippen molar-refractivity contribution in [3.8, 4) is 5.75 Å². The Morgan fingerprint density at radius 1 is 1.11 bits per heavy atom. The topological polar surface area (TPSA) is 64.3 Å². The van der Waals surface area contributed by atoms with E-state index in [1.54, 1.807) is 24.3 Å². The van der Waals surface area contributed by atoms with Crippen LogP contribution in [0.1, 0.15) is 42.5 Å². The van der Waals surface area contributed by atoms with Gasteiger partial charge in [-0.2, -0.15) is 0 Å². The number of amides is 1. The lowest BCUT2D eigenvalue weighted by atomic mass is 9.54. The highest BCUT2D eigenvalue weighted by Crippen LogP contribution is 2.53. The number of halogens is 2. The van der Waals surface area contributed by atoms with E-state index in [1.165, 1.54) is 38.2 Å². The third kappa shape index (κ3) is 4.46. The Morgan fingerprint density at radius 2 is 1.70 bits per heavy atom. The van der Waals surface area contributed by atoms with Crippen molar-refractivity contribution in [2.24, 2.45) is 29.4 Å². The van der Waals surface area contributed by atoms with Crippen molar-refractivity contribution < 1.29 is 13.9 Å². The Balaban J connectivity index is 0.00000210. The van der Waals surface area contributed by atoms with Gasteiger partial charge in [0.1, 0.15) is 18.2 Å². The van der Waals surface area contributed by atoms with E-state index in [2.05, 4.69) is 5.32 Å². The number of nitrogens with two attached hydrogens (primary N) is 1. The average Bonchev–Trinajstić information content (AvgIpc) is 2.63. The molecule has 1 aromatic carbocycles. The van der Waals surface area contributed by atoms with Crippen LogP contribution in [0.2, 0.25) is 0 Å². The maximum atomic E-state index is 13.3. The molecule has 0 saturated heterocycles. The summed E-state index contributed by atoms with van der Waals surface area (Å²) in [5.74, 6) is 3.26. The first-order chi connectivity index (χ1) is 12.6. The summed E-state index contributed by atoms with van der Waals surface area (Å²) in [5, 5.41) is 3.30. The number of ether oxygens (including phenoxy) is 1. The fourth-order valence-electron chi connectivity index (χ4n) is 5.44. The van der Waals surface area contributed by atoms with Crippen LogP contribution in [-0.2, 0) is 0 Å². The molecule has 1 aromatic rings. The van der Waals surface area contributed by atoms with E-state index in [0.717, 1.165) is 11.8 Å². The van der Waals surface area contributed by atoms with Crippen LogP contribution in [0.4, 0.5) is 4.39 Å². The zero-order valence-corrected chi connectivity index (χ0v) is 16.2. The van der Waals surface area contributed by atoms with Gasteiger partial charge in [-0.3, -0.25) is 4.79 Å². The minimum atomic E-state index is -0.392. The molecule has 3 N–H and O–H groups in total. The number of nitrogens with one attached hydrogen (secondary N) is 1. The minimum absolute atomic E-state index is 0. The molecule has 4 saturated carbocycles. The summed E-state index contributed by atoms with van der Waals surface area (Å²) in [4.78, 5) is 12.7. The third-order valence-electron chi connectivity index (χ3n) is 6.36. The second-order valence-electron chi connectivity index (χ2n) is 8.13. The van der Waals surface area contributed by atoms with Gasteiger partial charge in [0.2, 0.25) is 0 Å². The van der Waals surface area contributed by atoms with Gasteiger partial charge in [-0.15, -0.1) is 12.4 Å². The summed E-state index contributed by atoms with van der Waals surface area (Å²) < 4.78 is 18.6. The maximum Gasteiger partial charge on any atom is 0.251 e. The summed E-state index contributed by atoms with van der Waals surface area (Å²) in [7, 11) is 0. The first kappa shape index (κ1) is 20.2. The molecule has 0 heterocycles. The highest BCUT2D eigenvalue weighted by molar-refractivity contribution is 5.94. The molecule has 0 unspecified atom stereocenters. The molecule has 6 heteroatoms. The van der Waals surface area contributed by atoms with Gasteiger partial charge in [0.15, 0.2) is 0 Å². The lowest BCUT2D eigenvalue weighted by molar-refractivity contribution is -0.0119. The van der Waals surface area contributed by atoms with E-state index in [-0.39, 0.29) is 31.5 Å². The van der Waals surface area contributed by atoms with Gasteiger partial charge in [-0.1, -0.05) is 0 Å². The quantitative estimate of drug-likeness (QED) is 0.770. The van der Waals surface area contributed by atoms with Gasteiger partial charge < -0.3 is 15.8 Å². The molecule has 4 aliphatic rings. The molecule has 4 bridgehead atoms. The number of hydrogen-bond acceptors (Lipinski definition) is 3. The van der Waals surface area contributed by atoms with Crippen molar-refractivity contribution in [1.29, 1.82) is 0 Å². The minimum Gasteiger partial charge on any atom is -0.487 e. The van der Waals surface area contributed by atoms with Gasteiger partial charge in [-0.25, -0.2) is 4.39 Å². The van der Waals surface area contributed by atoms with Gasteiger partial charge >= 0.3 is 0 Å². The van der Waals surface area contributed by atoms with Crippen LogP contribution in [-0.4, -0.2) is 25.1 Å². The Labute approximate surface area is 166 Å². The molecule has 0 aliphatic heterocycles. The number of carbonyl (C=O) groups excluding carboxylic acids is 1. The van der Waals surface area contributed by atoms with E-state index >= 15 is 0 Å². The van der Waals surface area contributed by atoms with Crippen molar-refractivity contribution in [1.82, 2.24) is 5.32 Å². The molecule has 4 aliphatic carbocycles. The largest absolute Gasteiger partial charge is 0.487 e. The molecule has 0 aromatic heterocycles. The number of benzene rings is 1. The molecule has 1 amide bonds. The summed E-state index contributed by atoms with van der Waals surface area (Å²) in [6.07, 6.45) is 7.83. The van der Waals surface area contributed by atoms with E-state index in [4.69, 9.17) is 10.5 Å². The average molecular weight is 395 g/mol. The van der Waals surface area contributed by atoms with E-state index in [1.807, 2.05) is 0 Å². The zero-order chi connectivity index (χ0) is 18.1. The van der Waals surface area contributed by atoms with Crippen LogP contribution < -0.4 is 15.8 Å². The first-order valence-electron chi connectivity index (χ1n) is 9.70. The number of carbonyl (C=O) groups is 1. The van der Waals surface area contributed by atoms with Crippen molar-refractivity contribution >= 4 is 18.3 Å². The van der Waals surface area contributed by atoms with Gasteiger partial charge in [0, 0.05) is 18.2 Å². The van der Waals surface area contributed by atoms with Crippen molar-refractivity contribution in [3.05, 3.63) is 41.7 Å². The van der Waals surface area contributed by atoms with Crippen LogP contribution in [0, 0.1) is 23.7 Å². The first-order valence-corrected chi connectivity index (χ1v) is 9.70. The molecule has 0 radical (unpaired) electrons. The lowest BCUT2D eigenvalue weighted by Crippen LogP contribution is -2.55. The lowest BCUT2D eigenvalue weighted by Gasteiger charge is -2.54. The zero-order valence-electron chi connectivity index (χ0n) is 15.4. The molecule has 4 fully saturated rings. The van der Waals surface area contributed by atoms with Gasteiger partial charge in [-0.05, 0) is 86.1 Å². The number of hydrogen-bond donors (Lipinski definition) is 2. The third-order valence-corrected chi connectivity index (χ3v) is 6.36. The summed E-state index contributed by atoms with van der Waals surface area (Å²) in [6, 6.07) is 7.24. The van der Waals surface area contributed by atoms with Crippen LogP contribution in [0.15, 0.2) is 36.2 Å². The second kappa shape index (κ2) is 8.61. The second-order valence-corrected chi connectivity index (χ2v) is 8.13. The van der Waals surface area contributed by atoms with E-state index < -0.39 is 5.83 Å². The summed E-state index contributed by atoms with van der Waals surface area (Å²) >= 11 is 0. The molecule has 4 nitrogen and oxygen atoms in total. The normalized spacial score (nSPS) is 31.3. The molecule has 0 atom stereocenters. The van der Waals surface area contributed by atoms with Crippen molar-refractivity contribution in [2.75, 3.05) is 13.2 Å². The highest BCUT2D eigenvalue weighted by atomic mass is 35.5. The van der Waals surface area contributed by atoms with Crippen LogP contribution in [0.25, 0.3) is 0 Å². The monoisotopic (exact) mass is 394 g/mol. The van der Waals surface area contributed by atoms with E-state index in [9.17, 15) is 9.18 Å². The fourth-order valence-corrected chi connectivity index (χ4v) is 5.44. The molecule has 0 spiro atoms. The van der Waals surface area contributed by atoms with Crippen molar-refractivity contribution in [3.63, 3.8) is 0 Å². The Kier molecular flexibility index (Phi) is 6.43. The summed E-state index contributed by atoms with van der Waals surface area (Å²) in [5.41, 5.74) is 5.88. The Morgan fingerprint density at radius 3 is 2.26 bits per heavy atom. The predicted molar refractivity (Wildman–Crippen MR) is 106 cm³/mol. The molecular formula is C21H28ClFN2O2. The SMILES string of the molecule is Cl.NCC=C(F)COc1ccc(C(=O)NC2C3CC4CC(C3)CC2C4)cc1. The Hall–Kier alpha value is -1.59. The van der Waals surface area contributed by atoms with Crippen LogP contribution in [0.3, 0.4) is 0 Å². The van der Waals surface area contributed by atoms with Crippen LogP contribution in [0.5, 0.6) is 5.75 Å². The fraction of sp³-hybridized carbons (Fsp3) is 0.571. The van der Waals surface area contributed by atoms with Crippen molar-refractivity contribution in [2.45, 2.75) is 38.1 Å².